The zero-order valence-electron chi connectivity index (χ0n) is 13.4. The van der Waals surface area contributed by atoms with Crippen LogP contribution in [0.4, 0.5) is 0 Å². The van der Waals surface area contributed by atoms with Gasteiger partial charge in [0.05, 0.1) is 0 Å². The molecule has 0 saturated carbocycles. The summed E-state index contributed by atoms with van der Waals surface area (Å²) >= 11 is 0. The van der Waals surface area contributed by atoms with Gasteiger partial charge in [-0.2, -0.15) is 0 Å². The van der Waals surface area contributed by atoms with Gasteiger partial charge in [-0.3, -0.25) is 4.79 Å². The fourth-order valence-corrected chi connectivity index (χ4v) is 3.92. The van der Waals surface area contributed by atoms with Crippen LogP contribution in [0.15, 0.2) is 58.0 Å². The minimum Gasteiger partial charge on any atom is -0.506 e. The Morgan fingerprint density at radius 1 is 1.12 bits per heavy atom. The lowest BCUT2D eigenvalue weighted by atomic mass is 9.79. The van der Waals surface area contributed by atoms with E-state index in [-0.39, 0.29) is 29.8 Å². The van der Waals surface area contributed by atoms with Crippen molar-refractivity contribution in [2.24, 2.45) is 5.92 Å². The van der Waals surface area contributed by atoms with Crippen molar-refractivity contribution in [3.63, 3.8) is 0 Å². The summed E-state index contributed by atoms with van der Waals surface area (Å²) in [4.78, 5) is 12.2. The summed E-state index contributed by atoms with van der Waals surface area (Å²) in [6.07, 6.45) is 4.38. The SMILES string of the molecule is O=c1cc2c(ccc1O)C1=C(CCC2C2C=C=C2)CC(O)C(O)=C1O. The fourth-order valence-electron chi connectivity index (χ4n) is 3.92. The van der Waals surface area contributed by atoms with Gasteiger partial charge in [-0.15, -0.1) is 5.73 Å². The van der Waals surface area contributed by atoms with Crippen molar-refractivity contribution in [1.29, 1.82) is 0 Å². The van der Waals surface area contributed by atoms with E-state index in [0.717, 1.165) is 17.6 Å². The van der Waals surface area contributed by atoms with Crippen LogP contribution in [0.2, 0.25) is 0 Å². The van der Waals surface area contributed by atoms with Gasteiger partial charge in [0.25, 0.3) is 0 Å². The predicted octanol–water partition coefficient (Wildman–Crippen LogP) is 2.82. The van der Waals surface area contributed by atoms with E-state index in [0.29, 0.717) is 17.6 Å². The zero-order valence-corrected chi connectivity index (χ0v) is 13.4. The Bertz CT molecular complexity index is 939. The Morgan fingerprint density at radius 3 is 2.56 bits per heavy atom. The van der Waals surface area contributed by atoms with Crippen LogP contribution in [-0.4, -0.2) is 26.5 Å². The maximum absolute atomic E-state index is 12.2. The average Bonchev–Trinajstić information content (AvgIpc) is 2.76. The summed E-state index contributed by atoms with van der Waals surface area (Å²) in [6.45, 7) is 0. The Balaban J connectivity index is 1.99. The highest BCUT2D eigenvalue weighted by Gasteiger charge is 2.35. The molecular formula is C20H18O5. The predicted molar refractivity (Wildman–Crippen MR) is 92.3 cm³/mol. The van der Waals surface area contributed by atoms with Crippen LogP contribution in [0.3, 0.4) is 0 Å². The summed E-state index contributed by atoms with van der Waals surface area (Å²) in [7, 11) is 0. The van der Waals surface area contributed by atoms with Gasteiger partial charge in [0, 0.05) is 17.9 Å². The third-order valence-electron chi connectivity index (χ3n) is 5.31. The van der Waals surface area contributed by atoms with Crippen LogP contribution in [0.5, 0.6) is 5.75 Å². The first kappa shape index (κ1) is 15.8. The molecule has 0 saturated heterocycles. The molecule has 0 aliphatic heterocycles. The summed E-state index contributed by atoms with van der Waals surface area (Å²) in [6, 6.07) is 4.34. The molecule has 3 aliphatic rings. The molecule has 0 aromatic heterocycles. The van der Waals surface area contributed by atoms with Crippen LogP contribution < -0.4 is 5.43 Å². The molecule has 4 rings (SSSR count). The van der Waals surface area contributed by atoms with Crippen molar-refractivity contribution in [3.05, 3.63) is 74.5 Å². The lowest BCUT2D eigenvalue weighted by Gasteiger charge is -2.24. The number of aliphatic hydroxyl groups excluding tert-OH is 3. The topological polar surface area (TPSA) is 98.0 Å². The number of hydrogen-bond donors (Lipinski definition) is 4. The molecule has 3 aliphatic carbocycles. The standard InChI is InChI=1S/C20H18O5/c21-15-7-6-13-14(9-16(15)22)12(10-2-1-3-10)5-4-11-8-17(23)19(24)20(25)18(11)13/h2-3,6-7,9-10,12,17,23-25H,4-5,8H2,(H,21,22). The molecule has 4 N–H and O–H groups in total. The minimum absolute atomic E-state index is 0.00781. The number of fused-ring (bicyclic) bond motifs is 2. The van der Waals surface area contributed by atoms with Gasteiger partial charge in [-0.25, -0.2) is 0 Å². The van der Waals surface area contributed by atoms with Crippen LogP contribution in [-0.2, 0) is 0 Å². The van der Waals surface area contributed by atoms with E-state index < -0.39 is 17.3 Å². The van der Waals surface area contributed by atoms with E-state index in [1.807, 2.05) is 12.2 Å². The van der Waals surface area contributed by atoms with E-state index in [2.05, 4.69) is 5.73 Å². The van der Waals surface area contributed by atoms with Crippen LogP contribution in [0.1, 0.15) is 36.3 Å². The molecule has 128 valence electrons. The fraction of sp³-hybridized carbons (Fsp3) is 0.300. The molecule has 0 amide bonds. The third kappa shape index (κ3) is 2.40. The average molecular weight is 338 g/mol. The van der Waals surface area contributed by atoms with Crippen molar-refractivity contribution in [2.45, 2.75) is 31.3 Å². The molecule has 1 aromatic rings. The van der Waals surface area contributed by atoms with Crippen molar-refractivity contribution >= 4 is 5.57 Å². The van der Waals surface area contributed by atoms with Crippen LogP contribution in [0.25, 0.3) is 5.57 Å². The Kier molecular flexibility index (Phi) is 3.57. The molecule has 0 radical (unpaired) electrons. The van der Waals surface area contributed by atoms with Gasteiger partial charge in [-0.05, 0) is 54.2 Å². The molecular weight excluding hydrogens is 320 g/mol. The summed E-state index contributed by atoms with van der Waals surface area (Å²) in [5.74, 6) is -1.03. The molecule has 5 nitrogen and oxygen atoms in total. The van der Waals surface area contributed by atoms with Crippen LogP contribution >= 0.6 is 0 Å². The molecule has 25 heavy (non-hydrogen) atoms. The molecule has 2 unspecified atom stereocenters. The monoisotopic (exact) mass is 338 g/mol. The number of aliphatic hydroxyl groups is 3. The second kappa shape index (κ2) is 5.66. The quantitative estimate of drug-likeness (QED) is 0.590. The molecule has 1 aromatic carbocycles. The first-order valence-corrected chi connectivity index (χ1v) is 8.30. The summed E-state index contributed by atoms with van der Waals surface area (Å²) < 4.78 is 0. The lowest BCUT2D eigenvalue weighted by Crippen LogP contribution is -2.19. The molecule has 0 spiro atoms. The van der Waals surface area contributed by atoms with Crippen LogP contribution in [0, 0.1) is 5.92 Å². The van der Waals surface area contributed by atoms with E-state index in [1.54, 1.807) is 6.07 Å². The number of rotatable bonds is 1. The summed E-state index contributed by atoms with van der Waals surface area (Å²) in [5, 5.41) is 40.3. The summed E-state index contributed by atoms with van der Waals surface area (Å²) in [5.41, 5.74) is 5.16. The Hall–Kier alpha value is -2.75. The smallest absolute Gasteiger partial charge is 0.220 e. The van der Waals surface area contributed by atoms with Gasteiger partial charge in [0.1, 0.15) is 6.10 Å². The molecule has 0 fully saturated rings. The maximum Gasteiger partial charge on any atom is 0.220 e. The first-order valence-electron chi connectivity index (χ1n) is 8.30. The van der Waals surface area contributed by atoms with Gasteiger partial charge >= 0.3 is 0 Å². The molecule has 2 atom stereocenters. The van der Waals surface area contributed by atoms with Crippen molar-refractivity contribution in [3.8, 4) is 5.75 Å². The molecule has 0 heterocycles. The maximum atomic E-state index is 12.2. The van der Waals surface area contributed by atoms with Crippen molar-refractivity contribution in [2.75, 3.05) is 0 Å². The van der Waals surface area contributed by atoms with Gasteiger partial charge in [0.2, 0.25) is 5.43 Å². The molecule has 0 bridgehead atoms. The Morgan fingerprint density at radius 2 is 1.88 bits per heavy atom. The highest BCUT2D eigenvalue weighted by Crippen LogP contribution is 2.46. The molecule has 5 heteroatoms. The van der Waals surface area contributed by atoms with Gasteiger partial charge in [0.15, 0.2) is 17.3 Å². The Labute approximate surface area is 144 Å². The minimum atomic E-state index is -1.12. The third-order valence-corrected chi connectivity index (χ3v) is 5.31. The van der Waals surface area contributed by atoms with Gasteiger partial charge < -0.3 is 20.4 Å². The highest BCUT2D eigenvalue weighted by molar-refractivity contribution is 5.83. The number of hydrogen-bond acceptors (Lipinski definition) is 5. The second-order valence-corrected chi connectivity index (χ2v) is 6.75. The largest absolute Gasteiger partial charge is 0.506 e. The van der Waals surface area contributed by atoms with E-state index in [1.165, 1.54) is 12.1 Å². The van der Waals surface area contributed by atoms with Gasteiger partial charge in [-0.1, -0.05) is 11.6 Å². The van der Waals surface area contributed by atoms with E-state index in [9.17, 15) is 25.2 Å². The highest BCUT2D eigenvalue weighted by atomic mass is 16.3. The first-order chi connectivity index (χ1) is 12.0. The lowest BCUT2D eigenvalue weighted by molar-refractivity contribution is 0.137. The van der Waals surface area contributed by atoms with E-state index in [4.69, 9.17) is 0 Å². The van der Waals surface area contributed by atoms with E-state index >= 15 is 0 Å². The number of allylic oxidation sites excluding steroid dienone is 2. The zero-order chi connectivity index (χ0) is 17.7. The van der Waals surface area contributed by atoms with Crippen molar-refractivity contribution in [1.82, 2.24) is 0 Å². The normalized spacial score (nSPS) is 25.3. The number of aromatic hydroxyl groups is 1. The second-order valence-electron chi connectivity index (χ2n) is 6.75. The van der Waals surface area contributed by atoms with Crippen molar-refractivity contribution < 1.29 is 20.4 Å².